The highest BCUT2D eigenvalue weighted by atomic mass is 32.2. The van der Waals surface area contributed by atoms with Crippen LogP contribution < -0.4 is 4.72 Å². The molecule has 9 heteroatoms. The molecule has 0 aromatic carbocycles. The second-order valence-corrected chi connectivity index (χ2v) is 5.40. The highest BCUT2D eigenvalue weighted by Gasteiger charge is 2.22. The van der Waals surface area contributed by atoms with Crippen molar-refractivity contribution in [2.45, 2.75) is 13.8 Å². The Hall–Kier alpha value is -2.03. The van der Waals surface area contributed by atoms with Gasteiger partial charge in [-0.1, -0.05) is 0 Å². The maximum absolute atomic E-state index is 11.7. The summed E-state index contributed by atoms with van der Waals surface area (Å²) in [6, 6.07) is 0. The fourth-order valence-electron chi connectivity index (χ4n) is 1.44. The van der Waals surface area contributed by atoms with Crippen molar-refractivity contribution in [3.8, 4) is 0 Å². The van der Waals surface area contributed by atoms with Gasteiger partial charge in [0.2, 0.25) is 10.0 Å². The van der Waals surface area contributed by atoms with Gasteiger partial charge in [0.05, 0.1) is 12.3 Å². The highest BCUT2D eigenvalue weighted by molar-refractivity contribution is 7.93. The summed E-state index contributed by atoms with van der Waals surface area (Å²) in [5, 5.41) is 8.95. The van der Waals surface area contributed by atoms with Crippen molar-refractivity contribution in [3.63, 3.8) is 0 Å². The third kappa shape index (κ3) is 3.98. The van der Waals surface area contributed by atoms with E-state index < -0.39 is 27.7 Å². The van der Waals surface area contributed by atoms with Crippen LogP contribution in [0.25, 0.3) is 0 Å². The van der Waals surface area contributed by atoms with E-state index in [4.69, 9.17) is 5.11 Å². The van der Waals surface area contributed by atoms with Crippen molar-refractivity contribution in [3.05, 3.63) is 17.5 Å². The van der Waals surface area contributed by atoms with E-state index in [1.54, 1.807) is 6.92 Å². The number of aromatic nitrogens is 1. The number of H-pyrrole nitrogens is 1. The van der Waals surface area contributed by atoms with Gasteiger partial charge >= 0.3 is 11.9 Å². The predicted molar refractivity (Wildman–Crippen MR) is 66.5 cm³/mol. The Labute approximate surface area is 109 Å². The smallest absolute Gasteiger partial charge is 0.339 e. The molecular formula is C10H14N2O6S. The van der Waals surface area contributed by atoms with Crippen molar-refractivity contribution < 1.29 is 27.9 Å². The zero-order valence-corrected chi connectivity index (χ0v) is 11.2. The molecule has 0 atom stereocenters. The van der Waals surface area contributed by atoms with Gasteiger partial charge in [-0.25, -0.2) is 13.2 Å². The van der Waals surface area contributed by atoms with Gasteiger partial charge in [-0.05, 0) is 13.8 Å². The second kappa shape index (κ2) is 5.74. The lowest BCUT2D eigenvalue weighted by molar-refractivity contribution is -0.139. The van der Waals surface area contributed by atoms with E-state index in [-0.39, 0.29) is 17.9 Å². The van der Waals surface area contributed by atoms with Crippen LogP contribution in [0.2, 0.25) is 0 Å². The number of carboxylic acid groups (broad SMARTS) is 1. The maximum Gasteiger partial charge on any atom is 0.339 e. The molecule has 19 heavy (non-hydrogen) atoms. The minimum Gasteiger partial charge on any atom is -0.478 e. The SMILES string of the molecule is CCOC(=O)CS(=O)(=O)Nc1c[nH]c(C)c1C(=O)O. The summed E-state index contributed by atoms with van der Waals surface area (Å²) >= 11 is 0. The van der Waals surface area contributed by atoms with E-state index in [9.17, 15) is 18.0 Å². The molecule has 1 rings (SSSR count). The molecule has 0 aliphatic rings. The number of sulfonamides is 1. The minimum atomic E-state index is -4.01. The number of nitrogens with one attached hydrogen (secondary N) is 2. The van der Waals surface area contributed by atoms with Gasteiger partial charge in [0.1, 0.15) is 5.56 Å². The number of aromatic amines is 1. The van der Waals surface area contributed by atoms with Gasteiger partial charge in [0.25, 0.3) is 0 Å². The summed E-state index contributed by atoms with van der Waals surface area (Å²) < 4.78 is 29.9. The van der Waals surface area contributed by atoms with Crippen LogP contribution in [0.15, 0.2) is 6.20 Å². The van der Waals surface area contributed by atoms with Crippen molar-refractivity contribution >= 4 is 27.6 Å². The van der Waals surface area contributed by atoms with Gasteiger partial charge in [0.15, 0.2) is 5.75 Å². The standard InChI is InChI=1S/C10H14N2O6S/c1-3-18-8(13)5-19(16,17)12-7-4-11-6(2)9(7)10(14)15/h4,11-12H,3,5H2,1-2H3,(H,14,15). The molecule has 1 aromatic heterocycles. The quantitative estimate of drug-likeness (QED) is 0.648. The molecule has 0 unspecified atom stereocenters. The summed E-state index contributed by atoms with van der Waals surface area (Å²) in [6.45, 7) is 3.11. The minimum absolute atomic E-state index is 0.0675. The molecule has 0 fully saturated rings. The summed E-state index contributed by atoms with van der Waals surface area (Å²) in [5.41, 5.74) is 0.00284. The number of carbonyl (C=O) groups excluding carboxylic acids is 1. The molecule has 1 aromatic rings. The Kier molecular flexibility index (Phi) is 4.54. The molecule has 3 N–H and O–H groups in total. The molecule has 8 nitrogen and oxygen atoms in total. The number of rotatable bonds is 6. The third-order valence-corrected chi connectivity index (χ3v) is 3.32. The molecular weight excluding hydrogens is 276 g/mol. The number of hydrogen-bond donors (Lipinski definition) is 3. The monoisotopic (exact) mass is 290 g/mol. The normalized spacial score (nSPS) is 11.1. The van der Waals surface area contributed by atoms with Crippen molar-refractivity contribution in [2.24, 2.45) is 0 Å². The van der Waals surface area contributed by atoms with Crippen molar-refractivity contribution in [1.29, 1.82) is 0 Å². The predicted octanol–water partition coefficient (Wildman–Crippen LogP) is 0.326. The van der Waals surface area contributed by atoms with E-state index in [0.717, 1.165) is 0 Å². The summed E-state index contributed by atoms with van der Waals surface area (Å²) in [7, 11) is -4.01. The molecule has 0 bridgehead atoms. The first kappa shape index (κ1) is 15.0. The molecule has 0 amide bonds. The van der Waals surface area contributed by atoms with Crippen LogP contribution in [-0.4, -0.2) is 42.8 Å². The zero-order valence-electron chi connectivity index (χ0n) is 10.4. The van der Waals surface area contributed by atoms with E-state index in [0.29, 0.717) is 5.69 Å². The maximum atomic E-state index is 11.7. The van der Waals surface area contributed by atoms with Gasteiger partial charge < -0.3 is 14.8 Å². The van der Waals surface area contributed by atoms with Crippen LogP contribution >= 0.6 is 0 Å². The molecule has 0 radical (unpaired) electrons. The molecule has 106 valence electrons. The van der Waals surface area contributed by atoms with Crippen molar-refractivity contribution in [1.82, 2.24) is 4.98 Å². The summed E-state index contributed by atoms with van der Waals surface area (Å²) in [6.07, 6.45) is 1.21. The Bertz CT molecular complexity index is 589. The Morgan fingerprint density at radius 2 is 2.11 bits per heavy atom. The topological polar surface area (TPSA) is 126 Å². The van der Waals surface area contributed by atoms with Gasteiger partial charge in [0, 0.05) is 11.9 Å². The number of ether oxygens (including phenoxy) is 1. The fourth-order valence-corrected chi connectivity index (χ4v) is 2.41. The second-order valence-electron chi connectivity index (χ2n) is 3.67. The molecule has 0 saturated carbocycles. The van der Waals surface area contributed by atoms with E-state index in [2.05, 4.69) is 9.72 Å². The number of carboxylic acids is 1. The number of esters is 1. The van der Waals surface area contributed by atoms with Crippen LogP contribution in [0, 0.1) is 6.92 Å². The average Bonchev–Trinajstić information content (AvgIpc) is 2.57. The van der Waals surface area contributed by atoms with Crippen molar-refractivity contribution in [2.75, 3.05) is 17.1 Å². The van der Waals surface area contributed by atoms with Crippen LogP contribution in [0.4, 0.5) is 5.69 Å². The lowest BCUT2D eigenvalue weighted by Crippen LogP contribution is -2.25. The number of carbonyl (C=O) groups is 2. The van der Waals surface area contributed by atoms with Gasteiger partial charge in [-0.3, -0.25) is 9.52 Å². The first-order valence-corrected chi connectivity index (χ1v) is 6.99. The van der Waals surface area contributed by atoms with E-state index in [1.165, 1.54) is 13.1 Å². The molecule has 0 saturated heterocycles. The van der Waals surface area contributed by atoms with Crippen LogP contribution in [0.5, 0.6) is 0 Å². The summed E-state index contributed by atoms with van der Waals surface area (Å²) in [4.78, 5) is 24.7. The van der Waals surface area contributed by atoms with E-state index >= 15 is 0 Å². The number of aromatic carboxylic acids is 1. The fraction of sp³-hybridized carbons (Fsp3) is 0.400. The van der Waals surface area contributed by atoms with Crippen LogP contribution in [0.3, 0.4) is 0 Å². The first-order chi connectivity index (χ1) is 8.76. The number of hydrogen-bond acceptors (Lipinski definition) is 5. The third-order valence-electron chi connectivity index (χ3n) is 2.17. The van der Waals surface area contributed by atoms with E-state index in [1.807, 2.05) is 4.72 Å². The molecule has 0 aliphatic heterocycles. The number of aryl methyl sites for hydroxylation is 1. The molecule has 0 aliphatic carbocycles. The van der Waals surface area contributed by atoms with Crippen LogP contribution in [0.1, 0.15) is 23.0 Å². The number of anilines is 1. The van der Waals surface area contributed by atoms with Gasteiger partial charge in [-0.15, -0.1) is 0 Å². The van der Waals surface area contributed by atoms with Crippen LogP contribution in [-0.2, 0) is 19.6 Å². The largest absolute Gasteiger partial charge is 0.478 e. The Morgan fingerprint density at radius 1 is 1.47 bits per heavy atom. The molecule has 0 spiro atoms. The Morgan fingerprint density at radius 3 is 2.63 bits per heavy atom. The lowest BCUT2D eigenvalue weighted by atomic mass is 10.2. The first-order valence-electron chi connectivity index (χ1n) is 5.34. The zero-order chi connectivity index (χ0) is 14.6. The highest BCUT2D eigenvalue weighted by Crippen LogP contribution is 2.20. The Balaban J connectivity index is 2.90. The molecule has 1 heterocycles. The lowest BCUT2D eigenvalue weighted by Gasteiger charge is -2.07. The van der Waals surface area contributed by atoms with Gasteiger partial charge in [-0.2, -0.15) is 0 Å². The summed E-state index contributed by atoms with van der Waals surface area (Å²) in [5.74, 6) is -3.05. The average molecular weight is 290 g/mol.